The van der Waals surface area contributed by atoms with Gasteiger partial charge in [0, 0.05) is 31.0 Å². The molecule has 0 aromatic heterocycles. The Labute approximate surface area is 137 Å². The number of aryl methyl sites for hydroxylation is 1. The fraction of sp³-hybridized carbons (Fsp3) is 0.316. The molecule has 1 aliphatic rings. The molecule has 23 heavy (non-hydrogen) atoms. The highest BCUT2D eigenvalue weighted by molar-refractivity contribution is 5.89. The smallest absolute Gasteiger partial charge is 0.319 e. The van der Waals surface area contributed by atoms with E-state index in [-0.39, 0.29) is 6.03 Å². The van der Waals surface area contributed by atoms with Gasteiger partial charge in [0.1, 0.15) is 0 Å². The minimum absolute atomic E-state index is 0.179. The predicted molar refractivity (Wildman–Crippen MR) is 94.9 cm³/mol. The molecule has 120 valence electrons. The normalized spacial score (nSPS) is 13.9. The molecule has 0 spiro atoms. The highest BCUT2D eigenvalue weighted by Crippen LogP contribution is 2.21. The lowest BCUT2D eigenvalue weighted by molar-refractivity contribution is 0.251. The summed E-state index contributed by atoms with van der Waals surface area (Å²) in [5.41, 5.74) is 4.36. The molecule has 2 N–H and O–H groups in total. The van der Waals surface area contributed by atoms with Crippen LogP contribution in [0.5, 0.6) is 0 Å². The summed E-state index contributed by atoms with van der Waals surface area (Å²) in [6, 6.07) is 15.9. The molecule has 1 saturated heterocycles. The van der Waals surface area contributed by atoms with Crippen molar-refractivity contribution in [2.45, 2.75) is 26.3 Å². The lowest BCUT2D eigenvalue weighted by Gasteiger charge is -2.17. The molecule has 0 saturated carbocycles. The second kappa shape index (κ2) is 7.18. The summed E-state index contributed by atoms with van der Waals surface area (Å²) in [6.07, 6.45) is 2.53. The van der Waals surface area contributed by atoms with Gasteiger partial charge in [0.25, 0.3) is 0 Å². The number of nitrogens with zero attached hydrogens (tertiary/aromatic N) is 1. The van der Waals surface area contributed by atoms with Gasteiger partial charge in [-0.25, -0.2) is 4.79 Å². The van der Waals surface area contributed by atoms with Gasteiger partial charge in [-0.05, 0) is 55.2 Å². The first-order valence-corrected chi connectivity index (χ1v) is 8.17. The van der Waals surface area contributed by atoms with Gasteiger partial charge in [0.05, 0.1) is 0 Å². The average Bonchev–Trinajstić information content (AvgIpc) is 3.09. The summed E-state index contributed by atoms with van der Waals surface area (Å²) >= 11 is 0. The van der Waals surface area contributed by atoms with Crippen LogP contribution in [0.2, 0.25) is 0 Å². The largest absolute Gasteiger partial charge is 0.372 e. The molecule has 3 rings (SSSR count). The standard InChI is InChI=1S/C19H23N3O/c1-15-6-2-3-7-16(15)14-20-19(23)21-17-8-10-18(11-9-17)22-12-4-5-13-22/h2-3,6-11H,4-5,12-14H2,1H3,(H2,20,21,23). The van der Waals surface area contributed by atoms with E-state index < -0.39 is 0 Å². The number of benzene rings is 2. The van der Waals surface area contributed by atoms with Gasteiger partial charge in [0.2, 0.25) is 0 Å². The van der Waals surface area contributed by atoms with Crippen molar-refractivity contribution in [1.29, 1.82) is 0 Å². The number of nitrogens with one attached hydrogen (secondary N) is 2. The number of carbonyl (C=O) groups is 1. The van der Waals surface area contributed by atoms with Crippen molar-refractivity contribution in [3.63, 3.8) is 0 Å². The monoisotopic (exact) mass is 309 g/mol. The van der Waals surface area contributed by atoms with Crippen molar-refractivity contribution in [1.82, 2.24) is 5.32 Å². The molecule has 2 aromatic rings. The molecule has 2 amide bonds. The summed E-state index contributed by atoms with van der Waals surface area (Å²) in [6.45, 7) is 4.84. The average molecular weight is 309 g/mol. The maximum absolute atomic E-state index is 12.0. The Morgan fingerprint density at radius 3 is 2.43 bits per heavy atom. The molecular weight excluding hydrogens is 286 g/mol. The molecule has 1 heterocycles. The Bertz CT molecular complexity index is 661. The van der Waals surface area contributed by atoms with E-state index in [0.29, 0.717) is 6.54 Å². The number of hydrogen-bond acceptors (Lipinski definition) is 2. The number of hydrogen-bond donors (Lipinski definition) is 2. The highest BCUT2D eigenvalue weighted by Gasteiger charge is 2.12. The van der Waals surface area contributed by atoms with Crippen LogP contribution in [0.1, 0.15) is 24.0 Å². The van der Waals surface area contributed by atoms with Gasteiger partial charge in [-0.1, -0.05) is 24.3 Å². The van der Waals surface area contributed by atoms with E-state index in [1.165, 1.54) is 24.1 Å². The Morgan fingerprint density at radius 2 is 1.74 bits per heavy atom. The van der Waals surface area contributed by atoms with Crippen molar-refractivity contribution in [3.05, 3.63) is 59.7 Å². The molecule has 0 atom stereocenters. The summed E-state index contributed by atoms with van der Waals surface area (Å²) in [4.78, 5) is 14.4. The number of urea groups is 1. The predicted octanol–water partition coefficient (Wildman–Crippen LogP) is 3.92. The molecule has 0 radical (unpaired) electrons. The van der Waals surface area contributed by atoms with Crippen LogP contribution in [0, 0.1) is 6.92 Å². The van der Waals surface area contributed by atoms with Crippen LogP contribution in [0.3, 0.4) is 0 Å². The molecule has 0 aliphatic carbocycles. The number of anilines is 2. The van der Waals surface area contributed by atoms with Gasteiger partial charge in [-0.3, -0.25) is 0 Å². The van der Waals surface area contributed by atoms with E-state index in [1.54, 1.807) is 0 Å². The van der Waals surface area contributed by atoms with Crippen LogP contribution in [0.25, 0.3) is 0 Å². The summed E-state index contributed by atoms with van der Waals surface area (Å²) in [5, 5.41) is 5.78. The molecule has 1 aliphatic heterocycles. The minimum atomic E-state index is -0.179. The fourth-order valence-corrected chi connectivity index (χ4v) is 2.89. The topological polar surface area (TPSA) is 44.4 Å². The van der Waals surface area contributed by atoms with Crippen LogP contribution in [0.15, 0.2) is 48.5 Å². The SMILES string of the molecule is Cc1ccccc1CNC(=O)Nc1ccc(N2CCCC2)cc1. The van der Waals surface area contributed by atoms with Gasteiger partial charge >= 0.3 is 6.03 Å². The quantitative estimate of drug-likeness (QED) is 0.899. The number of rotatable bonds is 4. The lowest BCUT2D eigenvalue weighted by atomic mass is 10.1. The molecule has 0 bridgehead atoms. The Hall–Kier alpha value is -2.49. The van der Waals surface area contributed by atoms with Gasteiger partial charge < -0.3 is 15.5 Å². The highest BCUT2D eigenvalue weighted by atomic mass is 16.2. The third-order valence-corrected chi connectivity index (χ3v) is 4.30. The van der Waals surface area contributed by atoms with Crippen LogP contribution < -0.4 is 15.5 Å². The van der Waals surface area contributed by atoms with E-state index in [9.17, 15) is 4.79 Å². The zero-order valence-electron chi connectivity index (χ0n) is 13.5. The number of amides is 2. The molecule has 4 nitrogen and oxygen atoms in total. The molecule has 4 heteroatoms. The molecular formula is C19H23N3O. The van der Waals surface area contributed by atoms with Crippen molar-refractivity contribution in [2.75, 3.05) is 23.3 Å². The summed E-state index contributed by atoms with van der Waals surface area (Å²) in [5.74, 6) is 0. The van der Waals surface area contributed by atoms with E-state index >= 15 is 0 Å². The first-order valence-electron chi connectivity index (χ1n) is 8.17. The first-order chi connectivity index (χ1) is 11.2. The Morgan fingerprint density at radius 1 is 1.04 bits per heavy atom. The van der Waals surface area contributed by atoms with E-state index in [1.807, 2.05) is 43.3 Å². The second-order valence-corrected chi connectivity index (χ2v) is 5.98. The summed E-state index contributed by atoms with van der Waals surface area (Å²) < 4.78 is 0. The van der Waals surface area contributed by atoms with Gasteiger partial charge in [0.15, 0.2) is 0 Å². The zero-order chi connectivity index (χ0) is 16.1. The van der Waals surface area contributed by atoms with Gasteiger partial charge in [-0.15, -0.1) is 0 Å². The Kier molecular flexibility index (Phi) is 4.81. The third-order valence-electron chi connectivity index (χ3n) is 4.30. The second-order valence-electron chi connectivity index (χ2n) is 5.98. The third kappa shape index (κ3) is 4.03. The van der Waals surface area contributed by atoms with Crippen LogP contribution in [0.4, 0.5) is 16.2 Å². The zero-order valence-corrected chi connectivity index (χ0v) is 13.5. The maximum Gasteiger partial charge on any atom is 0.319 e. The van der Waals surface area contributed by atoms with Gasteiger partial charge in [-0.2, -0.15) is 0 Å². The van der Waals surface area contributed by atoms with E-state index in [0.717, 1.165) is 24.3 Å². The van der Waals surface area contributed by atoms with Crippen molar-refractivity contribution < 1.29 is 4.79 Å². The van der Waals surface area contributed by atoms with Crippen LogP contribution in [-0.2, 0) is 6.54 Å². The van der Waals surface area contributed by atoms with E-state index in [2.05, 4.69) is 27.7 Å². The maximum atomic E-state index is 12.0. The van der Waals surface area contributed by atoms with E-state index in [4.69, 9.17) is 0 Å². The van der Waals surface area contributed by atoms with Crippen LogP contribution >= 0.6 is 0 Å². The van der Waals surface area contributed by atoms with Crippen molar-refractivity contribution in [2.24, 2.45) is 0 Å². The minimum Gasteiger partial charge on any atom is -0.372 e. The fourth-order valence-electron chi connectivity index (χ4n) is 2.89. The number of carbonyl (C=O) groups excluding carboxylic acids is 1. The lowest BCUT2D eigenvalue weighted by Crippen LogP contribution is -2.28. The molecule has 2 aromatic carbocycles. The van der Waals surface area contributed by atoms with Crippen LogP contribution in [-0.4, -0.2) is 19.1 Å². The first kappa shape index (κ1) is 15.4. The van der Waals surface area contributed by atoms with Crippen molar-refractivity contribution in [3.8, 4) is 0 Å². The van der Waals surface area contributed by atoms with Crippen molar-refractivity contribution >= 4 is 17.4 Å². The summed E-state index contributed by atoms with van der Waals surface area (Å²) in [7, 11) is 0. The molecule has 1 fully saturated rings. The molecule has 0 unspecified atom stereocenters. The Balaban J connectivity index is 1.52.